The highest BCUT2D eigenvalue weighted by Crippen LogP contribution is 2.32. The lowest BCUT2D eigenvalue weighted by molar-refractivity contribution is -0.384. The Morgan fingerprint density at radius 2 is 2.10 bits per heavy atom. The number of nitrogens with zero attached hydrogens (tertiary/aromatic N) is 3. The molecule has 1 heterocycles. The standard InChI is InChI=1S/C14H24N4O2/c1-10(2)17-14(13(18(19)20)11(3)16-17)15-9-8-12-6-4-5-7-12/h10,12,15H,4-9H2,1-3H3. The van der Waals surface area contributed by atoms with Crippen molar-refractivity contribution in [3.05, 3.63) is 15.8 Å². The van der Waals surface area contributed by atoms with E-state index in [9.17, 15) is 10.1 Å². The highest BCUT2D eigenvalue weighted by Gasteiger charge is 2.26. The molecule has 0 amide bonds. The first-order valence-corrected chi connectivity index (χ1v) is 7.48. The summed E-state index contributed by atoms with van der Waals surface area (Å²) in [5.41, 5.74) is 0.595. The molecular weight excluding hydrogens is 256 g/mol. The van der Waals surface area contributed by atoms with Crippen molar-refractivity contribution in [2.45, 2.75) is 58.9 Å². The molecular formula is C14H24N4O2. The number of rotatable bonds is 6. The van der Waals surface area contributed by atoms with Crippen LogP contribution >= 0.6 is 0 Å². The first-order chi connectivity index (χ1) is 9.50. The van der Waals surface area contributed by atoms with Crippen LogP contribution in [0.15, 0.2) is 0 Å². The predicted molar refractivity (Wildman–Crippen MR) is 79.1 cm³/mol. The second-order valence-electron chi connectivity index (χ2n) is 5.94. The molecule has 0 aliphatic heterocycles. The van der Waals surface area contributed by atoms with Crippen molar-refractivity contribution in [2.24, 2.45) is 5.92 Å². The second kappa shape index (κ2) is 6.24. The molecule has 0 aromatic carbocycles. The van der Waals surface area contributed by atoms with Crippen LogP contribution in [0.25, 0.3) is 0 Å². The van der Waals surface area contributed by atoms with Crippen LogP contribution in [0.2, 0.25) is 0 Å². The Morgan fingerprint density at radius 1 is 1.45 bits per heavy atom. The van der Waals surface area contributed by atoms with Gasteiger partial charge in [-0.2, -0.15) is 5.10 Å². The number of nitrogens with one attached hydrogen (secondary N) is 1. The van der Waals surface area contributed by atoms with Crippen molar-refractivity contribution in [3.8, 4) is 0 Å². The summed E-state index contributed by atoms with van der Waals surface area (Å²) in [6.07, 6.45) is 6.33. The minimum atomic E-state index is -0.334. The van der Waals surface area contributed by atoms with E-state index in [1.807, 2.05) is 13.8 Å². The first kappa shape index (κ1) is 14.8. The van der Waals surface area contributed by atoms with Crippen LogP contribution in [0.5, 0.6) is 0 Å². The molecule has 1 fully saturated rings. The normalized spacial score (nSPS) is 16.0. The maximum atomic E-state index is 11.2. The van der Waals surface area contributed by atoms with Crippen LogP contribution in [0.3, 0.4) is 0 Å². The van der Waals surface area contributed by atoms with Gasteiger partial charge in [0, 0.05) is 12.6 Å². The van der Waals surface area contributed by atoms with Crippen LogP contribution in [-0.4, -0.2) is 21.2 Å². The number of aryl methyl sites for hydroxylation is 1. The van der Waals surface area contributed by atoms with Gasteiger partial charge in [0.15, 0.2) is 0 Å². The molecule has 1 aliphatic rings. The Kier molecular flexibility index (Phi) is 4.62. The number of nitro groups is 1. The van der Waals surface area contributed by atoms with E-state index in [0.717, 1.165) is 18.9 Å². The van der Waals surface area contributed by atoms with Gasteiger partial charge < -0.3 is 5.32 Å². The van der Waals surface area contributed by atoms with Gasteiger partial charge in [-0.15, -0.1) is 0 Å². The Bertz CT molecular complexity index is 476. The van der Waals surface area contributed by atoms with E-state index in [2.05, 4.69) is 10.4 Å². The smallest absolute Gasteiger partial charge is 0.333 e. The van der Waals surface area contributed by atoms with Crippen LogP contribution in [0.4, 0.5) is 11.5 Å². The van der Waals surface area contributed by atoms with Gasteiger partial charge in [0.2, 0.25) is 5.82 Å². The summed E-state index contributed by atoms with van der Waals surface area (Å²) in [4.78, 5) is 10.9. The Hall–Kier alpha value is -1.59. The van der Waals surface area contributed by atoms with Crippen LogP contribution in [0, 0.1) is 23.0 Å². The summed E-state index contributed by atoms with van der Waals surface area (Å²) in [6, 6.07) is 0.108. The molecule has 0 spiro atoms. The van der Waals surface area contributed by atoms with Crippen molar-refractivity contribution < 1.29 is 4.92 Å². The van der Waals surface area contributed by atoms with Crippen molar-refractivity contribution >= 4 is 11.5 Å². The molecule has 6 heteroatoms. The molecule has 0 saturated heterocycles. The molecule has 112 valence electrons. The number of hydrogen-bond acceptors (Lipinski definition) is 4. The van der Waals surface area contributed by atoms with E-state index in [4.69, 9.17) is 0 Å². The van der Waals surface area contributed by atoms with Crippen molar-refractivity contribution in [1.29, 1.82) is 0 Å². The highest BCUT2D eigenvalue weighted by atomic mass is 16.6. The summed E-state index contributed by atoms with van der Waals surface area (Å²) in [5, 5.41) is 18.8. The fourth-order valence-corrected chi connectivity index (χ4v) is 2.99. The molecule has 1 aromatic rings. The van der Waals surface area contributed by atoms with Gasteiger partial charge in [-0.3, -0.25) is 10.1 Å². The van der Waals surface area contributed by atoms with Gasteiger partial charge in [0.05, 0.1) is 4.92 Å². The van der Waals surface area contributed by atoms with Gasteiger partial charge in [0.25, 0.3) is 0 Å². The molecule has 0 radical (unpaired) electrons. The first-order valence-electron chi connectivity index (χ1n) is 7.48. The maximum absolute atomic E-state index is 11.2. The zero-order valence-electron chi connectivity index (χ0n) is 12.6. The quantitative estimate of drug-likeness (QED) is 0.637. The molecule has 1 N–H and O–H groups in total. The summed E-state index contributed by atoms with van der Waals surface area (Å²) < 4.78 is 1.72. The lowest BCUT2D eigenvalue weighted by Crippen LogP contribution is -2.13. The average Bonchev–Trinajstić information content (AvgIpc) is 2.97. The fourth-order valence-electron chi connectivity index (χ4n) is 2.99. The third-order valence-electron chi connectivity index (χ3n) is 4.05. The van der Waals surface area contributed by atoms with E-state index in [-0.39, 0.29) is 16.7 Å². The molecule has 1 aromatic heterocycles. The average molecular weight is 280 g/mol. The lowest BCUT2D eigenvalue weighted by atomic mass is 10.0. The van der Waals surface area contributed by atoms with E-state index in [1.54, 1.807) is 11.6 Å². The second-order valence-corrected chi connectivity index (χ2v) is 5.94. The van der Waals surface area contributed by atoms with Gasteiger partial charge in [-0.1, -0.05) is 25.7 Å². The molecule has 1 saturated carbocycles. The lowest BCUT2D eigenvalue weighted by Gasteiger charge is -2.13. The molecule has 1 aliphatic carbocycles. The summed E-state index contributed by atoms with van der Waals surface area (Å²) >= 11 is 0. The van der Waals surface area contributed by atoms with Crippen molar-refractivity contribution in [3.63, 3.8) is 0 Å². The van der Waals surface area contributed by atoms with Gasteiger partial charge in [-0.25, -0.2) is 4.68 Å². The summed E-state index contributed by atoms with van der Waals surface area (Å²) in [6.45, 7) is 6.44. The van der Waals surface area contributed by atoms with Crippen LogP contribution in [-0.2, 0) is 0 Å². The number of anilines is 1. The SMILES string of the molecule is Cc1nn(C(C)C)c(NCCC2CCCC2)c1[N+](=O)[O-]. The van der Waals surface area contributed by atoms with Crippen molar-refractivity contribution in [2.75, 3.05) is 11.9 Å². The monoisotopic (exact) mass is 280 g/mol. The predicted octanol–water partition coefficient (Wildman–Crippen LogP) is 3.67. The summed E-state index contributed by atoms with van der Waals surface area (Å²) in [7, 11) is 0. The molecule has 6 nitrogen and oxygen atoms in total. The minimum Gasteiger partial charge on any atom is -0.365 e. The van der Waals surface area contributed by atoms with Crippen molar-refractivity contribution in [1.82, 2.24) is 9.78 Å². The molecule has 0 unspecified atom stereocenters. The summed E-state index contributed by atoms with van der Waals surface area (Å²) in [5.74, 6) is 1.33. The Morgan fingerprint density at radius 3 is 2.65 bits per heavy atom. The molecule has 2 rings (SSSR count). The van der Waals surface area contributed by atoms with Gasteiger partial charge in [-0.05, 0) is 33.1 Å². The topological polar surface area (TPSA) is 73.0 Å². The van der Waals surface area contributed by atoms with E-state index < -0.39 is 0 Å². The zero-order chi connectivity index (χ0) is 14.7. The van der Waals surface area contributed by atoms with E-state index >= 15 is 0 Å². The maximum Gasteiger partial charge on any atom is 0.333 e. The molecule has 0 atom stereocenters. The number of hydrogen-bond donors (Lipinski definition) is 1. The number of aromatic nitrogens is 2. The Balaban J connectivity index is 2.09. The molecule has 0 bridgehead atoms. The minimum absolute atomic E-state index is 0.108. The third kappa shape index (κ3) is 3.11. The Labute approximate surface area is 119 Å². The highest BCUT2D eigenvalue weighted by molar-refractivity contribution is 5.59. The molecule has 20 heavy (non-hydrogen) atoms. The van der Waals surface area contributed by atoms with Crippen LogP contribution in [0.1, 0.15) is 57.7 Å². The third-order valence-corrected chi connectivity index (χ3v) is 4.05. The largest absolute Gasteiger partial charge is 0.365 e. The van der Waals surface area contributed by atoms with E-state index in [1.165, 1.54) is 25.7 Å². The fraction of sp³-hybridized carbons (Fsp3) is 0.786. The zero-order valence-corrected chi connectivity index (χ0v) is 12.6. The van der Waals surface area contributed by atoms with Gasteiger partial charge in [0.1, 0.15) is 5.69 Å². The van der Waals surface area contributed by atoms with Crippen LogP contribution < -0.4 is 5.32 Å². The van der Waals surface area contributed by atoms with E-state index in [0.29, 0.717) is 11.5 Å². The van der Waals surface area contributed by atoms with Gasteiger partial charge >= 0.3 is 5.69 Å².